The normalized spacial score (nSPS) is 11.9. The van der Waals surface area contributed by atoms with E-state index in [2.05, 4.69) is 4.98 Å². The van der Waals surface area contributed by atoms with E-state index in [0.717, 1.165) is 5.76 Å². The van der Waals surface area contributed by atoms with Crippen molar-refractivity contribution in [3.05, 3.63) is 12.0 Å². The first-order chi connectivity index (χ1) is 5.53. The number of methoxy groups -OCH3 is 1. The van der Waals surface area contributed by atoms with E-state index < -0.39 is 0 Å². The van der Waals surface area contributed by atoms with Crippen molar-refractivity contribution in [3.63, 3.8) is 0 Å². The second-order valence-corrected chi connectivity index (χ2v) is 3.31. The lowest BCUT2D eigenvalue weighted by atomic mass is 10.0. The SMILES string of the molecule is COC(C)(C)Cc1cnc(N)o1. The van der Waals surface area contributed by atoms with Crippen molar-refractivity contribution >= 4 is 6.01 Å². The zero-order valence-corrected chi connectivity index (χ0v) is 7.63. The van der Waals surface area contributed by atoms with Gasteiger partial charge in [-0.3, -0.25) is 0 Å². The average molecular weight is 170 g/mol. The first kappa shape index (κ1) is 9.06. The molecule has 1 aromatic rings. The molecular weight excluding hydrogens is 156 g/mol. The fourth-order valence-corrected chi connectivity index (χ4v) is 0.896. The molecule has 0 fully saturated rings. The van der Waals surface area contributed by atoms with Gasteiger partial charge >= 0.3 is 0 Å². The van der Waals surface area contributed by atoms with E-state index >= 15 is 0 Å². The molecule has 4 nitrogen and oxygen atoms in total. The Hall–Kier alpha value is -1.03. The van der Waals surface area contributed by atoms with Crippen LogP contribution in [0.25, 0.3) is 0 Å². The topological polar surface area (TPSA) is 61.3 Å². The molecule has 0 saturated heterocycles. The maximum atomic E-state index is 5.32. The number of ether oxygens (including phenoxy) is 1. The van der Waals surface area contributed by atoms with Crippen LogP contribution in [0.2, 0.25) is 0 Å². The number of nitrogen functional groups attached to an aromatic ring is 1. The largest absolute Gasteiger partial charge is 0.429 e. The van der Waals surface area contributed by atoms with Crippen molar-refractivity contribution in [1.29, 1.82) is 0 Å². The average Bonchev–Trinajstić information content (AvgIpc) is 2.35. The molecule has 0 aliphatic heterocycles. The van der Waals surface area contributed by atoms with Gasteiger partial charge < -0.3 is 14.9 Å². The second kappa shape index (κ2) is 3.15. The summed E-state index contributed by atoms with van der Waals surface area (Å²) in [6, 6.07) is 0.205. The van der Waals surface area contributed by atoms with Gasteiger partial charge in [0.15, 0.2) is 0 Å². The molecule has 0 radical (unpaired) electrons. The lowest BCUT2D eigenvalue weighted by Crippen LogP contribution is -2.25. The Morgan fingerprint density at radius 1 is 1.67 bits per heavy atom. The van der Waals surface area contributed by atoms with Crippen LogP contribution in [-0.4, -0.2) is 17.7 Å². The first-order valence-electron chi connectivity index (χ1n) is 3.79. The lowest BCUT2D eigenvalue weighted by molar-refractivity contribution is 0.0193. The first-order valence-corrected chi connectivity index (χ1v) is 3.79. The van der Waals surface area contributed by atoms with Gasteiger partial charge in [-0.15, -0.1) is 0 Å². The Bertz CT molecular complexity index is 255. The van der Waals surface area contributed by atoms with Gasteiger partial charge in [-0.05, 0) is 13.8 Å². The van der Waals surface area contributed by atoms with E-state index in [9.17, 15) is 0 Å². The third-order valence-corrected chi connectivity index (χ3v) is 1.72. The van der Waals surface area contributed by atoms with Crippen molar-refractivity contribution in [3.8, 4) is 0 Å². The Morgan fingerprint density at radius 2 is 2.33 bits per heavy atom. The van der Waals surface area contributed by atoms with Gasteiger partial charge in [0, 0.05) is 13.5 Å². The van der Waals surface area contributed by atoms with Crippen LogP contribution in [0.4, 0.5) is 6.01 Å². The van der Waals surface area contributed by atoms with Gasteiger partial charge in [-0.2, -0.15) is 0 Å². The molecule has 0 aromatic carbocycles. The van der Waals surface area contributed by atoms with Crippen molar-refractivity contribution in [2.24, 2.45) is 0 Å². The number of hydrogen-bond acceptors (Lipinski definition) is 4. The molecule has 0 spiro atoms. The van der Waals surface area contributed by atoms with Gasteiger partial charge in [0.05, 0.1) is 11.8 Å². The summed E-state index contributed by atoms with van der Waals surface area (Å²) in [7, 11) is 1.67. The molecule has 0 saturated carbocycles. The fourth-order valence-electron chi connectivity index (χ4n) is 0.896. The van der Waals surface area contributed by atoms with Gasteiger partial charge in [0.2, 0.25) is 0 Å². The summed E-state index contributed by atoms with van der Waals surface area (Å²) >= 11 is 0. The molecular formula is C8H14N2O2. The number of aromatic nitrogens is 1. The van der Waals surface area contributed by atoms with E-state index in [-0.39, 0.29) is 11.6 Å². The maximum absolute atomic E-state index is 5.32. The predicted molar refractivity (Wildman–Crippen MR) is 45.7 cm³/mol. The van der Waals surface area contributed by atoms with E-state index in [1.165, 1.54) is 0 Å². The highest BCUT2D eigenvalue weighted by molar-refractivity contribution is 5.12. The zero-order chi connectivity index (χ0) is 9.19. The maximum Gasteiger partial charge on any atom is 0.292 e. The number of oxazole rings is 1. The molecule has 0 amide bonds. The molecule has 0 unspecified atom stereocenters. The number of rotatable bonds is 3. The van der Waals surface area contributed by atoms with Crippen LogP contribution in [0, 0.1) is 0 Å². The summed E-state index contributed by atoms with van der Waals surface area (Å²) in [4.78, 5) is 3.79. The molecule has 1 heterocycles. The molecule has 4 heteroatoms. The standard InChI is InChI=1S/C8H14N2O2/c1-8(2,11-3)4-6-5-10-7(9)12-6/h5H,4H2,1-3H3,(H2,9,10). The van der Waals surface area contributed by atoms with Crippen LogP contribution < -0.4 is 5.73 Å². The van der Waals surface area contributed by atoms with Crippen LogP contribution in [0.15, 0.2) is 10.6 Å². The van der Waals surface area contributed by atoms with Crippen molar-refractivity contribution in [2.45, 2.75) is 25.9 Å². The molecule has 0 aliphatic carbocycles. The Morgan fingerprint density at radius 3 is 2.75 bits per heavy atom. The number of nitrogens with zero attached hydrogens (tertiary/aromatic N) is 1. The fraction of sp³-hybridized carbons (Fsp3) is 0.625. The predicted octanol–water partition coefficient (Wildman–Crippen LogP) is 1.22. The molecule has 0 bridgehead atoms. The Labute approximate surface area is 71.7 Å². The number of anilines is 1. The van der Waals surface area contributed by atoms with E-state index in [0.29, 0.717) is 6.42 Å². The smallest absolute Gasteiger partial charge is 0.292 e. The van der Waals surface area contributed by atoms with Crippen LogP contribution >= 0.6 is 0 Å². The van der Waals surface area contributed by atoms with Crippen LogP contribution in [0.1, 0.15) is 19.6 Å². The monoisotopic (exact) mass is 170 g/mol. The van der Waals surface area contributed by atoms with E-state index in [1.54, 1.807) is 13.3 Å². The highest BCUT2D eigenvalue weighted by Gasteiger charge is 2.19. The van der Waals surface area contributed by atoms with Crippen LogP contribution in [0.5, 0.6) is 0 Å². The lowest BCUT2D eigenvalue weighted by Gasteiger charge is -2.20. The van der Waals surface area contributed by atoms with Gasteiger partial charge in [0.25, 0.3) is 6.01 Å². The van der Waals surface area contributed by atoms with Crippen molar-refractivity contribution < 1.29 is 9.15 Å². The number of hydrogen-bond donors (Lipinski definition) is 1. The Balaban J connectivity index is 2.63. The minimum atomic E-state index is -0.230. The van der Waals surface area contributed by atoms with Gasteiger partial charge in [-0.25, -0.2) is 4.98 Å². The van der Waals surface area contributed by atoms with Crippen molar-refractivity contribution in [2.75, 3.05) is 12.8 Å². The molecule has 1 rings (SSSR count). The summed E-state index contributed by atoms with van der Waals surface area (Å²) in [5.41, 5.74) is 5.09. The third kappa shape index (κ3) is 2.23. The molecule has 0 aliphatic rings. The molecule has 68 valence electrons. The summed E-state index contributed by atoms with van der Waals surface area (Å²) in [5, 5.41) is 0. The Kier molecular flexibility index (Phi) is 2.38. The summed E-state index contributed by atoms with van der Waals surface area (Å²) in [6.45, 7) is 3.96. The van der Waals surface area contributed by atoms with E-state index in [1.807, 2.05) is 13.8 Å². The summed E-state index contributed by atoms with van der Waals surface area (Å²) in [6.07, 6.45) is 2.30. The second-order valence-electron chi connectivity index (χ2n) is 3.31. The minimum absolute atomic E-state index is 0.205. The zero-order valence-electron chi connectivity index (χ0n) is 7.63. The van der Waals surface area contributed by atoms with Gasteiger partial charge in [-0.1, -0.05) is 0 Å². The molecule has 2 N–H and O–H groups in total. The highest BCUT2D eigenvalue weighted by Crippen LogP contribution is 2.16. The minimum Gasteiger partial charge on any atom is -0.429 e. The van der Waals surface area contributed by atoms with Crippen LogP contribution in [-0.2, 0) is 11.2 Å². The van der Waals surface area contributed by atoms with E-state index in [4.69, 9.17) is 14.9 Å². The number of nitrogens with two attached hydrogens (primary N) is 1. The quantitative estimate of drug-likeness (QED) is 0.741. The summed E-state index contributed by atoms with van der Waals surface area (Å²) in [5.74, 6) is 0.749. The van der Waals surface area contributed by atoms with Crippen LogP contribution in [0.3, 0.4) is 0 Å². The highest BCUT2D eigenvalue weighted by atomic mass is 16.5. The molecule has 0 atom stereocenters. The third-order valence-electron chi connectivity index (χ3n) is 1.72. The molecule has 12 heavy (non-hydrogen) atoms. The molecule has 1 aromatic heterocycles. The summed E-state index contributed by atoms with van der Waals surface area (Å²) < 4.78 is 10.3. The van der Waals surface area contributed by atoms with Gasteiger partial charge in [0.1, 0.15) is 5.76 Å². The van der Waals surface area contributed by atoms with Crippen molar-refractivity contribution in [1.82, 2.24) is 4.98 Å².